The second-order valence-electron chi connectivity index (χ2n) is 2.34. The molecular weight excluding hydrogens is 166 g/mol. The lowest BCUT2D eigenvalue weighted by molar-refractivity contribution is -0.0979. The highest BCUT2D eigenvalue weighted by atomic mass is 16.5. The minimum Gasteiger partial charge on any atom is -0.381 e. The summed E-state index contributed by atoms with van der Waals surface area (Å²) in [6.45, 7) is 4.00. The zero-order chi connectivity index (χ0) is 9.78. The SMILES string of the molecule is C1CCOC1.C=O.c1ccncc1. The second kappa shape index (κ2) is 10.8. The van der Waals surface area contributed by atoms with E-state index in [2.05, 4.69) is 4.98 Å². The Hall–Kier alpha value is -1.22. The summed E-state index contributed by atoms with van der Waals surface area (Å²) < 4.78 is 4.94. The van der Waals surface area contributed by atoms with Crippen molar-refractivity contribution in [2.45, 2.75) is 12.8 Å². The van der Waals surface area contributed by atoms with Gasteiger partial charge >= 0.3 is 0 Å². The lowest BCUT2D eigenvalue weighted by atomic mass is 10.4. The minimum atomic E-state index is 1.00. The summed E-state index contributed by atoms with van der Waals surface area (Å²) in [6, 6.07) is 5.72. The molecule has 0 radical (unpaired) electrons. The molecule has 1 aromatic heterocycles. The Morgan fingerprint density at radius 2 is 1.54 bits per heavy atom. The van der Waals surface area contributed by atoms with Gasteiger partial charge in [0.1, 0.15) is 6.79 Å². The van der Waals surface area contributed by atoms with Crippen LogP contribution in [-0.2, 0) is 9.53 Å². The molecule has 1 aliphatic heterocycles. The maximum absolute atomic E-state index is 8.00. The Bertz CT molecular complexity index is 141. The first-order valence-corrected chi connectivity index (χ1v) is 4.22. The number of nitrogens with zero attached hydrogens (tertiary/aromatic N) is 1. The molecule has 0 aromatic carbocycles. The molecule has 0 atom stereocenters. The van der Waals surface area contributed by atoms with Crippen molar-refractivity contribution in [2.75, 3.05) is 13.2 Å². The van der Waals surface area contributed by atoms with Gasteiger partial charge < -0.3 is 9.53 Å². The molecule has 72 valence electrons. The van der Waals surface area contributed by atoms with E-state index >= 15 is 0 Å². The molecule has 2 rings (SSSR count). The van der Waals surface area contributed by atoms with Crippen molar-refractivity contribution in [2.24, 2.45) is 0 Å². The Morgan fingerprint density at radius 3 is 1.69 bits per heavy atom. The van der Waals surface area contributed by atoms with E-state index in [1.165, 1.54) is 12.8 Å². The van der Waals surface area contributed by atoms with E-state index in [1.54, 1.807) is 12.4 Å². The van der Waals surface area contributed by atoms with Gasteiger partial charge in [-0.25, -0.2) is 0 Å². The zero-order valence-electron chi connectivity index (χ0n) is 7.69. The van der Waals surface area contributed by atoms with Crippen LogP contribution in [0.4, 0.5) is 0 Å². The van der Waals surface area contributed by atoms with Gasteiger partial charge in [0, 0.05) is 25.6 Å². The van der Waals surface area contributed by atoms with Crippen LogP contribution in [-0.4, -0.2) is 25.0 Å². The second-order valence-corrected chi connectivity index (χ2v) is 2.34. The average Bonchev–Trinajstić information content (AvgIpc) is 2.82. The van der Waals surface area contributed by atoms with Gasteiger partial charge in [-0.1, -0.05) is 6.07 Å². The van der Waals surface area contributed by atoms with Gasteiger partial charge in [0.05, 0.1) is 0 Å². The van der Waals surface area contributed by atoms with Gasteiger partial charge in [-0.15, -0.1) is 0 Å². The summed E-state index contributed by atoms with van der Waals surface area (Å²) >= 11 is 0. The number of hydrogen-bond donors (Lipinski definition) is 0. The van der Waals surface area contributed by atoms with Crippen LogP contribution in [0.1, 0.15) is 12.8 Å². The molecule has 0 amide bonds. The monoisotopic (exact) mass is 181 g/mol. The smallest absolute Gasteiger partial charge is 0.106 e. The first kappa shape index (κ1) is 11.8. The van der Waals surface area contributed by atoms with Gasteiger partial charge in [0.25, 0.3) is 0 Å². The van der Waals surface area contributed by atoms with Crippen molar-refractivity contribution in [1.82, 2.24) is 4.98 Å². The third-order valence-corrected chi connectivity index (χ3v) is 1.39. The first-order chi connectivity index (χ1) is 6.50. The molecule has 0 aliphatic carbocycles. The molecule has 1 aromatic rings. The van der Waals surface area contributed by atoms with Gasteiger partial charge in [-0.05, 0) is 25.0 Å². The van der Waals surface area contributed by atoms with Crippen LogP contribution in [0.2, 0.25) is 0 Å². The summed E-state index contributed by atoms with van der Waals surface area (Å²) in [7, 11) is 0. The van der Waals surface area contributed by atoms with E-state index in [1.807, 2.05) is 25.0 Å². The van der Waals surface area contributed by atoms with E-state index in [4.69, 9.17) is 9.53 Å². The molecular formula is C10H15NO2. The topological polar surface area (TPSA) is 39.2 Å². The van der Waals surface area contributed by atoms with Crippen LogP contribution < -0.4 is 0 Å². The van der Waals surface area contributed by atoms with Gasteiger partial charge in [-0.3, -0.25) is 4.98 Å². The van der Waals surface area contributed by atoms with Crippen molar-refractivity contribution >= 4 is 6.79 Å². The molecule has 3 nitrogen and oxygen atoms in total. The van der Waals surface area contributed by atoms with Crippen LogP contribution in [0.5, 0.6) is 0 Å². The molecule has 1 fully saturated rings. The van der Waals surface area contributed by atoms with Crippen LogP contribution >= 0.6 is 0 Å². The standard InChI is InChI=1S/C5H5N.C4H8O.CH2O/c1-2-4-6-5-3-1;1-2-4-5-3-1;1-2/h1-5H;1-4H2;1H2. The third kappa shape index (κ3) is 8.69. The Balaban J connectivity index is 0.000000189. The van der Waals surface area contributed by atoms with Crippen LogP contribution in [0, 0.1) is 0 Å². The average molecular weight is 181 g/mol. The van der Waals surface area contributed by atoms with Crippen molar-refractivity contribution in [3.63, 3.8) is 0 Å². The molecule has 13 heavy (non-hydrogen) atoms. The molecule has 0 spiro atoms. The summed E-state index contributed by atoms with van der Waals surface area (Å²) in [6.07, 6.45) is 6.06. The first-order valence-electron chi connectivity index (χ1n) is 4.22. The Morgan fingerprint density at radius 1 is 1.00 bits per heavy atom. The lowest BCUT2D eigenvalue weighted by Crippen LogP contribution is -1.74. The number of carbonyl (C=O) groups excluding carboxylic acids is 1. The van der Waals surface area contributed by atoms with E-state index in [9.17, 15) is 0 Å². The van der Waals surface area contributed by atoms with Crippen molar-refractivity contribution < 1.29 is 9.53 Å². The largest absolute Gasteiger partial charge is 0.381 e. The fourth-order valence-corrected chi connectivity index (χ4v) is 0.823. The minimum absolute atomic E-state index is 1.00. The fourth-order valence-electron chi connectivity index (χ4n) is 0.823. The van der Waals surface area contributed by atoms with E-state index in [0.717, 1.165) is 13.2 Å². The number of rotatable bonds is 0. The van der Waals surface area contributed by atoms with Gasteiger partial charge in [-0.2, -0.15) is 0 Å². The summed E-state index contributed by atoms with van der Waals surface area (Å²) in [4.78, 5) is 11.8. The fraction of sp³-hybridized carbons (Fsp3) is 0.400. The number of ether oxygens (including phenoxy) is 1. The summed E-state index contributed by atoms with van der Waals surface area (Å²) in [5, 5.41) is 0. The van der Waals surface area contributed by atoms with E-state index in [0.29, 0.717) is 0 Å². The zero-order valence-corrected chi connectivity index (χ0v) is 7.69. The Labute approximate surface area is 78.8 Å². The highest BCUT2D eigenvalue weighted by molar-refractivity contribution is 5.10. The molecule has 2 heterocycles. The molecule has 0 saturated carbocycles. The Kier molecular flexibility index (Phi) is 9.77. The highest BCUT2D eigenvalue weighted by Gasteiger charge is 1.94. The predicted molar refractivity (Wildman–Crippen MR) is 51.4 cm³/mol. The number of pyridine rings is 1. The van der Waals surface area contributed by atoms with Gasteiger partial charge in [0.2, 0.25) is 0 Å². The number of carbonyl (C=O) groups is 1. The molecule has 0 bridgehead atoms. The third-order valence-electron chi connectivity index (χ3n) is 1.39. The quantitative estimate of drug-likeness (QED) is 0.611. The number of aromatic nitrogens is 1. The molecule has 3 heteroatoms. The lowest BCUT2D eigenvalue weighted by Gasteiger charge is -1.76. The molecule has 1 saturated heterocycles. The molecule has 0 N–H and O–H groups in total. The highest BCUT2D eigenvalue weighted by Crippen LogP contribution is 1.98. The van der Waals surface area contributed by atoms with Crippen molar-refractivity contribution in [1.29, 1.82) is 0 Å². The molecule has 0 unspecified atom stereocenters. The summed E-state index contributed by atoms with van der Waals surface area (Å²) in [5.41, 5.74) is 0. The van der Waals surface area contributed by atoms with E-state index < -0.39 is 0 Å². The normalized spacial score (nSPS) is 13.2. The van der Waals surface area contributed by atoms with Crippen molar-refractivity contribution in [3.05, 3.63) is 30.6 Å². The van der Waals surface area contributed by atoms with Crippen LogP contribution in [0.15, 0.2) is 30.6 Å². The molecule has 1 aliphatic rings. The van der Waals surface area contributed by atoms with E-state index in [-0.39, 0.29) is 0 Å². The van der Waals surface area contributed by atoms with Crippen LogP contribution in [0.3, 0.4) is 0 Å². The van der Waals surface area contributed by atoms with Crippen molar-refractivity contribution in [3.8, 4) is 0 Å². The maximum atomic E-state index is 8.00. The predicted octanol–water partition coefficient (Wildman–Crippen LogP) is 1.69. The maximum Gasteiger partial charge on any atom is 0.106 e. The summed E-state index contributed by atoms with van der Waals surface area (Å²) in [5.74, 6) is 0. The van der Waals surface area contributed by atoms with Gasteiger partial charge in [0.15, 0.2) is 0 Å². The number of hydrogen-bond acceptors (Lipinski definition) is 3. The van der Waals surface area contributed by atoms with Crippen LogP contribution in [0.25, 0.3) is 0 Å².